The molecule has 0 aromatic rings. The average Bonchev–Trinajstić information content (AvgIpc) is 2.82. The average molecular weight is 256 g/mol. The van der Waals surface area contributed by atoms with Crippen molar-refractivity contribution in [2.75, 3.05) is 20.2 Å². The number of ether oxygens (including phenoxy) is 1. The van der Waals surface area contributed by atoms with Crippen molar-refractivity contribution in [2.24, 2.45) is 0 Å². The summed E-state index contributed by atoms with van der Waals surface area (Å²) in [5, 5.41) is 2.64. The second kappa shape index (κ2) is 6.98. The summed E-state index contributed by atoms with van der Waals surface area (Å²) in [6.07, 6.45) is 2.43. The number of rotatable bonds is 5. The molecule has 1 unspecified atom stereocenters. The van der Waals surface area contributed by atoms with Gasteiger partial charge in [0.15, 0.2) is 0 Å². The van der Waals surface area contributed by atoms with Crippen LogP contribution in [0.4, 0.5) is 0 Å². The summed E-state index contributed by atoms with van der Waals surface area (Å²) in [6, 6.07) is -0.428. The number of amides is 2. The van der Waals surface area contributed by atoms with Crippen LogP contribution in [0.3, 0.4) is 0 Å². The van der Waals surface area contributed by atoms with E-state index in [0.29, 0.717) is 32.4 Å². The number of carbonyl (C=O) groups is 3. The highest BCUT2D eigenvalue weighted by molar-refractivity contribution is 5.85. The zero-order valence-corrected chi connectivity index (χ0v) is 10.9. The second-order valence-corrected chi connectivity index (χ2v) is 4.35. The maximum absolute atomic E-state index is 11.9. The van der Waals surface area contributed by atoms with Crippen LogP contribution in [0.2, 0.25) is 0 Å². The Kier molecular flexibility index (Phi) is 5.61. The monoisotopic (exact) mass is 256 g/mol. The van der Waals surface area contributed by atoms with Gasteiger partial charge in [-0.2, -0.15) is 0 Å². The molecule has 1 heterocycles. The number of likely N-dealkylation sites (tertiary alicyclic amines) is 1. The molecule has 1 fully saturated rings. The largest absolute Gasteiger partial charge is 0.467 e. The van der Waals surface area contributed by atoms with Gasteiger partial charge in [-0.1, -0.05) is 0 Å². The number of hydrogen-bond acceptors (Lipinski definition) is 4. The van der Waals surface area contributed by atoms with Crippen LogP contribution in [0.1, 0.15) is 32.6 Å². The van der Waals surface area contributed by atoms with Gasteiger partial charge in [0.25, 0.3) is 0 Å². The Morgan fingerprint density at radius 1 is 1.39 bits per heavy atom. The summed E-state index contributed by atoms with van der Waals surface area (Å²) in [5.41, 5.74) is 0. The quantitative estimate of drug-likeness (QED) is 0.558. The summed E-state index contributed by atoms with van der Waals surface area (Å²) >= 11 is 0. The number of carbonyl (C=O) groups excluding carboxylic acids is 3. The van der Waals surface area contributed by atoms with Gasteiger partial charge < -0.3 is 15.0 Å². The molecule has 6 heteroatoms. The number of hydrogen-bond donors (Lipinski definition) is 1. The molecule has 1 aliphatic heterocycles. The highest BCUT2D eigenvalue weighted by Crippen LogP contribution is 2.19. The van der Waals surface area contributed by atoms with Crippen LogP contribution in [0, 0.1) is 0 Å². The lowest BCUT2D eigenvalue weighted by Crippen LogP contribution is -2.41. The third-order valence-electron chi connectivity index (χ3n) is 2.99. The van der Waals surface area contributed by atoms with Crippen LogP contribution in [0.5, 0.6) is 0 Å². The molecule has 1 atom stereocenters. The normalized spacial score (nSPS) is 18.6. The Morgan fingerprint density at radius 3 is 2.72 bits per heavy atom. The number of nitrogens with one attached hydrogen (secondary N) is 1. The van der Waals surface area contributed by atoms with Crippen molar-refractivity contribution in [3.05, 3.63) is 0 Å². The van der Waals surface area contributed by atoms with Crippen molar-refractivity contribution < 1.29 is 19.1 Å². The Morgan fingerprint density at radius 2 is 2.11 bits per heavy atom. The smallest absolute Gasteiger partial charge is 0.328 e. The molecule has 0 aromatic carbocycles. The highest BCUT2D eigenvalue weighted by Gasteiger charge is 2.34. The molecule has 1 N–H and O–H groups in total. The molecule has 1 aliphatic rings. The van der Waals surface area contributed by atoms with E-state index in [1.807, 2.05) is 0 Å². The molecule has 0 aliphatic carbocycles. The summed E-state index contributed by atoms with van der Waals surface area (Å²) in [6.45, 7) is 2.53. The van der Waals surface area contributed by atoms with E-state index in [4.69, 9.17) is 0 Å². The third-order valence-corrected chi connectivity index (χ3v) is 2.99. The topological polar surface area (TPSA) is 75.7 Å². The van der Waals surface area contributed by atoms with E-state index in [1.165, 1.54) is 14.0 Å². The third kappa shape index (κ3) is 4.01. The molecule has 2 amide bonds. The van der Waals surface area contributed by atoms with Crippen molar-refractivity contribution in [2.45, 2.75) is 38.6 Å². The van der Waals surface area contributed by atoms with Crippen molar-refractivity contribution in [3.8, 4) is 0 Å². The summed E-state index contributed by atoms with van der Waals surface area (Å²) in [4.78, 5) is 35.6. The van der Waals surface area contributed by atoms with Crippen LogP contribution >= 0.6 is 0 Å². The predicted octanol–water partition coefficient (Wildman–Crippen LogP) is 0.0667. The molecule has 1 saturated heterocycles. The van der Waals surface area contributed by atoms with Crippen LogP contribution in [0.25, 0.3) is 0 Å². The van der Waals surface area contributed by atoms with Gasteiger partial charge in [-0.3, -0.25) is 9.59 Å². The van der Waals surface area contributed by atoms with E-state index in [0.717, 1.165) is 6.42 Å². The Labute approximate surface area is 107 Å². The fourth-order valence-corrected chi connectivity index (χ4v) is 2.09. The Hall–Kier alpha value is -1.59. The van der Waals surface area contributed by atoms with Crippen LogP contribution in [-0.4, -0.2) is 48.9 Å². The van der Waals surface area contributed by atoms with Crippen molar-refractivity contribution >= 4 is 17.8 Å². The molecule has 0 bridgehead atoms. The molecule has 0 radical (unpaired) electrons. The molecule has 1 rings (SSSR count). The lowest BCUT2D eigenvalue weighted by Gasteiger charge is -2.22. The molecular formula is C12H20N2O4. The van der Waals surface area contributed by atoms with Gasteiger partial charge in [0.2, 0.25) is 11.8 Å². The lowest BCUT2D eigenvalue weighted by atomic mass is 10.2. The van der Waals surface area contributed by atoms with Crippen molar-refractivity contribution in [3.63, 3.8) is 0 Å². The van der Waals surface area contributed by atoms with E-state index in [9.17, 15) is 14.4 Å². The fraction of sp³-hybridized carbons (Fsp3) is 0.750. The van der Waals surface area contributed by atoms with Gasteiger partial charge in [0, 0.05) is 26.4 Å². The van der Waals surface area contributed by atoms with Crippen LogP contribution in [-0.2, 0) is 19.1 Å². The van der Waals surface area contributed by atoms with E-state index in [1.54, 1.807) is 4.90 Å². The van der Waals surface area contributed by atoms with Gasteiger partial charge in [-0.05, 0) is 19.3 Å². The van der Waals surface area contributed by atoms with Gasteiger partial charge in [-0.25, -0.2) is 4.79 Å². The first-order chi connectivity index (χ1) is 8.56. The first-order valence-electron chi connectivity index (χ1n) is 6.18. The van der Waals surface area contributed by atoms with E-state index >= 15 is 0 Å². The van der Waals surface area contributed by atoms with Crippen molar-refractivity contribution in [1.29, 1.82) is 0 Å². The minimum absolute atomic E-state index is 0.0479. The molecule has 0 aromatic heterocycles. The Bertz CT molecular complexity index is 330. The van der Waals surface area contributed by atoms with Gasteiger partial charge in [0.1, 0.15) is 6.04 Å². The van der Waals surface area contributed by atoms with Gasteiger partial charge in [0.05, 0.1) is 7.11 Å². The molecule has 102 valence electrons. The SMILES string of the molecule is COC(=O)C1CCCN1C(=O)CCCNC(C)=O. The maximum atomic E-state index is 11.9. The molecule has 0 spiro atoms. The number of esters is 1. The highest BCUT2D eigenvalue weighted by atomic mass is 16.5. The van der Waals surface area contributed by atoms with Gasteiger partial charge >= 0.3 is 5.97 Å². The number of methoxy groups -OCH3 is 1. The van der Waals surface area contributed by atoms with Gasteiger partial charge in [-0.15, -0.1) is 0 Å². The summed E-state index contributed by atoms with van der Waals surface area (Å²) in [7, 11) is 1.33. The number of nitrogens with zero attached hydrogens (tertiary/aromatic N) is 1. The summed E-state index contributed by atoms with van der Waals surface area (Å²) in [5.74, 6) is -0.493. The van der Waals surface area contributed by atoms with Crippen LogP contribution < -0.4 is 5.32 Å². The molecule has 0 saturated carbocycles. The zero-order chi connectivity index (χ0) is 13.5. The second-order valence-electron chi connectivity index (χ2n) is 4.35. The van der Waals surface area contributed by atoms with E-state index < -0.39 is 6.04 Å². The zero-order valence-electron chi connectivity index (χ0n) is 10.9. The lowest BCUT2D eigenvalue weighted by molar-refractivity contribution is -0.151. The van der Waals surface area contributed by atoms with Crippen molar-refractivity contribution in [1.82, 2.24) is 10.2 Å². The first kappa shape index (κ1) is 14.5. The minimum Gasteiger partial charge on any atom is -0.467 e. The van der Waals surface area contributed by atoms with Crippen LogP contribution in [0.15, 0.2) is 0 Å². The predicted molar refractivity (Wildman–Crippen MR) is 64.7 cm³/mol. The standard InChI is InChI=1S/C12H20N2O4/c1-9(15)13-7-3-6-11(16)14-8-4-5-10(14)12(17)18-2/h10H,3-8H2,1-2H3,(H,13,15). The molecule has 18 heavy (non-hydrogen) atoms. The fourth-order valence-electron chi connectivity index (χ4n) is 2.09. The maximum Gasteiger partial charge on any atom is 0.328 e. The molecule has 6 nitrogen and oxygen atoms in total. The first-order valence-corrected chi connectivity index (χ1v) is 6.18. The molecular weight excluding hydrogens is 236 g/mol. The minimum atomic E-state index is -0.428. The summed E-state index contributed by atoms with van der Waals surface area (Å²) < 4.78 is 4.68. The Balaban J connectivity index is 2.36. The van der Waals surface area contributed by atoms with E-state index in [-0.39, 0.29) is 17.8 Å². The van der Waals surface area contributed by atoms with E-state index in [2.05, 4.69) is 10.1 Å².